The van der Waals surface area contributed by atoms with Crippen molar-refractivity contribution in [3.63, 3.8) is 0 Å². The number of fused-ring (bicyclic) bond motifs is 1. The van der Waals surface area contributed by atoms with Crippen LogP contribution in [0.4, 0.5) is 10.7 Å². The number of imidazole rings is 1. The van der Waals surface area contributed by atoms with Crippen molar-refractivity contribution in [3.8, 4) is 0 Å². The number of nitrogens with zero attached hydrogens (tertiary/aromatic N) is 4. The molecule has 1 amide bonds. The Morgan fingerprint density at radius 3 is 2.96 bits per heavy atom. The third kappa shape index (κ3) is 3.60. The molecule has 0 spiro atoms. The average molecular weight is 331 g/mol. The van der Waals surface area contributed by atoms with Crippen LogP contribution in [-0.4, -0.2) is 57.7 Å². The Labute approximate surface area is 142 Å². The molecule has 0 saturated carbocycles. The standard InChI is InChI=1S/C17H25N5O2/c1-17(2,3)24-16(23)22-10-6-7-12(11-22)21(4)15-19-13-8-5-9-18-14(13)20-15/h5,8-9,12H,6-7,10-11H2,1-4H3,(H,18,19,20)/t12-/m0/s1. The molecule has 7 nitrogen and oxygen atoms in total. The number of hydrogen-bond acceptors (Lipinski definition) is 5. The third-order valence-electron chi connectivity index (χ3n) is 4.17. The highest BCUT2D eigenvalue weighted by atomic mass is 16.6. The van der Waals surface area contributed by atoms with Gasteiger partial charge in [0, 0.05) is 32.4 Å². The number of carbonyl (C=O) groups is 1. The second-order valence-electron chi connectivity index (χ2n) is 7.27. The molecule has 1 atom stereocenters. The summed E-state index contributed by atoms with van der Waals surface area (Å²) in [6, 6.07) is 4.04. The van der Waals surface area contributed by atoms with Crippen molar-refractivity contribution >= 4 is 23.2 Å². The lowest BCUT2D eigenvalue weighted by atomic mass is 10.1. The number of H-pyrrole nitrogens is 1. The van der Waals surface area contributed by atoms with Crippen LogP contribution >= 0.6 is 0 Å². The first-order chi connectivity index (χ1) is 11.3. The smallest absolute Gasteiger partial charge is 0.410 e. The Hall–Kier alpha value is -2.31. The van der Waals surface area contributed by atoms with E-state index < -0.39 is 5.60 Å². The first-order valence-corrected chi connectivity index (χ1v) is 8.35. The molecule has 2 aromatic heterocycles. The molecule has 130 valence electrons. The fraction of sp³-hybridized carbons (Fsp3) is 0.588. The number of aromatic amines is 1. The normalized spacial score (nSPS) is 18.7. The zero-order valence-corrected chi connectivity index (χ0v) is 14.7. The van der Waals surface area contributed by atoms with Gasteiger partial charge in [0.1, 0.15) is 5.60 Å². The Morgan fingerprint density at radius 2 is 2.25 bits per heavy atom. The van der Waals surface area contributed by atoms with Gasteiger partial charge in [-0.3, -0.25) is 0 Å². The van der Waals surface area contributed by atoms with Gasteiger partial charge in [0.25, 0.3) is 0 Å². The van der Waals surface area contributed by atoms with Crippen LogP contribution in [0.5, 0.6) is 0 Å². The van der Waals surface area contributed by atoms with Gasteiger partial charge in [-0.2, -0.15) is 4.98 Å². The summed E-state index contributed by atoms with van der Waals surface area (Å²) in [6.45, 7) is 7.04. The third-order valence-corrected chi connectivity index (χ3v) is 4.17. The molecule has 0 aromatic carbocycles. The monoisotopic (exact) mass is 331 g/mol. The van der Waals surface area contributed by atoms with E-state index in [9.17, 15) is 4.79 Å². The van der Waals surface area contributed by atoms with Crippen molar-refractivity contribution in [2.75, 3.05) is 25.0 Å². The fourth-order valence-corrected chi connectivity index (χ4v) is 2.94. The van der Waals surface area contributed by atoms with E-state index in [4.69, 9.17) is 4.74 Å². The van der Waals surface area contributed by atoms with Crippen LogP contribution in [0.25, 0.3) is 11.2 Å². The summed E-state index contributed by atoms with van der Waals surface area (Å²) in [5.74, 6) is 0.778. The number of likely N-dealkylation sites (tertiary alicyclic amines) is 1. The zero-order chi connectivity index (χ0) is 17.3. The molecule has 0 bridgehead atoms. The number of carbonyl (C=O) groups excluding carboxylic acids is 1. The molecule has 7 heteroatoms. The van der Waals surface area contributed by atoms with E-state index >= 15 is 0 Å². The predicted octanol–water partition coefficient (Wildman–Crippen LogP) is 2.79. The molecule has 1 saturated heterocycles. The maximum absolute atomic E-state index is 12.3. The number of pyridine rings is 1. The Balaban J connectivity index is 1.70. The number of piperidine rings is 1. The summed E-state index contributed by atoms with van der Waals surface area (Å²) in [6.07, 6.45) is 3.46. The maximum Gasteiger partial charge on any atom is 0.410 e. The van der Waals surface area contributed by atoms with Crippen LogP contribution in [0, 0.1) is 0 Å². The van der Waals surface area contributed by atoms with Gasteiger partial charge in [0.05, 0.1) is 5.52 Å². The number of rotatable bonds is 2. The average Bonchev–Trinajstić information content (AvgIpc) is 2.96. The lowest BCUT2D eigenvalue weighted by Crippen LogP contribution is -2.50. The van der Waals surface area contributed by atoms with Crippen LogP contribution in [-0.2, 0) is 4.74 Å². The molecule has 1 fully saturated rings. The molecule has 1 N–H and O–H groups in total. The van der Waals surface area contributed by atoms with Crippen molar-refractivity contribution in [1.82, 2.24) is 19.9 Å². The van der Waals surface area contributed by atoms with Crippen LogP contribution in [0.1, 0.15) is 33.6 Å². The topological polar surface area (TPSA) is 74.4 Å². The first-order valence-electron chi connectivity index (χ1n) is 8.35. The molecule has 0 aliphatic carbocycles. The predicted molar refractivity (Wildman–Crippen MR) is 93.1 cm³/mol. The molecular weight excluding hydrogens is 306 g/mol. The lowest BCUT2D eigenvalue weighted by Gasteiger charge is -2.38. The van der Waals surface area contributed by atoms with Crippen molar-refractivity contribution in [1.29, 1.82) is 0 Å². The van der Waals surface area contributed by atoms with Crippen molar-refractivity contribution in [3.05, 3.63) is 18.3 Å². The quantitative estimate of drug-likeness (QED) is 0.916. The molecular formula is C17H25N5O2. The lowest BCUT2D eigenvalue weighted by molar-refractivity contribution is 0.0199. The number of ether oxygens (including phenoxy) is 1. The summed E-state index contributed by atoms with van der Waals surface area (Å²) >= 11 is 0. The molecule has 1 aliphatic rings. The van der Waals surface area contributed by atoms with E-state index in [1.54, 1.807) is 11.1 Å². The van der Waals surface area contributed by atoms with Gasteiger partial charge in [0.15, 0.2) is 5.65 Å². The minimum Gasteiger partial charge on any atom is -0.444 e. The van der Waals surface area contributed by atoms with Crippen LogP contribution in [0.3, 0.4) is 0 Å². The molecule has 0 radical (unpaired) electrons. The summed E-state index contributed by atoms with van der Waals surface area (Å²) in [4.78, 5) is 28.3. The fourth-order valence-electron chi connectivity index (χ4n) is 2.94. The van der Waals surface area contributed by atoms with E-state index in [2.05, 4.69) is 19.9 Å². The number of amides is 1. The zero-order valence-electron chi connectivity index (χ0n) is 14.7. The van der Waals surface area contributed by atoms with E-state index in [1.807, 2.05) is 40.0 Å². The van der Waals surface area contributed by atoms with E-state index in [-0.39, 0.29) is 12.1 Å². The largest absolute Gasteiger partial charge is 0.444 e. The molecule has 2 aromatic rings. The van der Waals surface area contributed by atoms with Crippen LogP contribution < -0.4 is 4.90 Å². The Kier molecular flexibility index (Phi) is 4.34. The van der Waals surface area contributed by atoms with Gasteiger partial charge in [-0.15, -0.1) is 0 Å². The van der Waals surface area contributed by atoms with Gasteiger partial charge in [0.2, 0.25) is 5.95 Å². The molecule has 3 heterocycles. The summed E-state index contributed by atoms with van der Waals surface area (Å²) < 4.78 is 5.49. The molecule has 1 aliphatic heterocycles. The van der Waals surface area contributed by atoms with Crippen molar-refractivity contribution in [2.24, 2.45) is 0 Å². The van der Waals surface area contributed by atoms with Gasteiger partial charge in [-0.25, -0.2) is 9.78 Å². The minimum atomic E-state index is -0.472. The number of likely N-dealkylation sites (N-methyl/N-ethyl adjacent to an activating group) is 1. The molecule has 3 rings (SSSR count). The second-order valence-corrected chi connectivity index (χ2v) is 7.27. The van der Waals surface area contributed by atoms with Gasteiger partial charge >= 0.3 is 6.09 Å². The highest BCUT2D eigenvalue weighted by molar-refractivity contribution is 5.73. The summed E-state index contributed by atoms with van der Waals surface area (Å²) in [5.41, 5.74) is 1.15. The van der Waals surface area contributed by atoms with Gasteiger partial charge in [-0.1, -0.05) is 0 Å². The van der Waals surface area contributed by atoms with Crippen molar-refractivity contribution in [2.45, 2.75) is 45.3 Å². The SMILES string of the molecule is CN(c1nc2ncccc2[nH]1)[C@H]1CCCN(C(=O)OC(C)(C)C)C1. The highest BCUT2D eigenvalue weighted by Gasteiger charge is 2.30. The highest BCUT2D eigenvalue weighted by Crippen LogP contribution is 2.22. The number of aromatic nitrogens is 3. The van der Waals surface area contributed by atoms with Crippen molar-refractivity contribution < 1.29 is 9.53 Å². The minimum absolute atomic E-state index is 0.201. The van der Waals surface area contributed by atoms with Gasteiger partial charge in [-0.05, 0) is 45.7 Å². The van der Waals surface area contributed by atoms with E-state index in [0.29, 0.717) is 12.2 Å². The molecule has 0 unspecified atom stereocenters. The molecule has 24 heavy (non-hydrogen) atoms. The number of hydrogen-bond donors (Lipinski definition) is 1. The Morgan fingerprint density at radius 1 is 1.46 bits per heavy atom. The van der Waals surface area contributed by atoms with Gasteiger partial charge < -0.3 is 19.5 Å². The maximum atomic E-state index is 12.3. The summed E-state index contributed by atoms with van der Waals surface area (Å²) in [5, 5.41) is 0. The van der Waals surface area contributed by atoms with E-state index in [0.717, 1.165) is 30.9 Å². The first kappa shape index (κ1) is 16.5. The van der Waals surface area contributed by atoms with E-state index in [1.165, 1.54) is 0 Å². The van der Waals surface area contributed by atoms with Crippen LogP contribution in [0.2, 0.25) is 0 Å². The Bertz CT molecular complexity index is 688. The second kappa shape index (κ2) is 6.30. The number of nitrogens with one attached hydrogen (secondary N) is 1. The number of anilines is 1. The van der Waals surface area contributed by atoms with Crippen LogP contribution in [0.15, 0.2) is 18.3 Å². The summed E-state index contributed by atoms with van der Waals surface area (Å²) in [7, 11) is 2.00.